The normalized spacial score (nSPS) is 14.4. The van der Waals surface area contributed by atoms with Crippen molar-refractivity contribution in [3.63, 3.8) is 0 Å². The second kappa shape index (κ2) is 11.1. The summed E-state index contributed by atoms with van der Waals surface area (Å²) in [5.41, 5.74) is 1.21. The molecule has 3 aromatic carbocycles. The van der Waals surface area contributed by atoms with Crippen molar-refractivity contribution >= 4 is 16.5 Å². The van der Waals surface area contributed by atoms with Crippen molar-refractivity contribution in [3.05, 3.63) is 66.7 Å². The summed E-state index contributed by atoms with van der Waals surface area (Å²) in [5.74, 6) is 1.96. The number of halogens is 1. The molecule has 3 aromatic rings. The standard InChI is InChI=1S/C25H30N2O2.ClH/c1-28-25-13-5-4-12-23(25)27-18-16-26(17-19-27)15-6-7-20-29-24-14-8-10-21-9-2-3-11-22(21)24;/h2-5,8-14H,6-7,15-20H2,1H3;1H/p-1. The third kappa shape index (κ3) is 5.38. The van der Waals surface area contributed by atoms with Crippen LogP contribution in [0.3, 0.4) is 0 Å². The van der Waals surface area contributed by atoms with Crippen LogP contribution < -0.4 is 26.8 Å². The molecule has 0 bridgehead atoms. The summed E-state index contributed by atoms with van der Waals surface area (Å²) in [6, 6.07) is 23.0. The first-order chi connectivity index (χ1) is 14.3. The number of piperazine rings is 1. The molecule has 0 N–H and O–H groups in total. The predicted octanol–water partition coefficient (Wildman–Crippen LogP) is 1.83. The van der Waals surface area contributed by atoms with Gasteiger partial charge in [-0.05, 0) is 43.0 Å². The number of rotatable bonds is 8. The molecule has 0 aliphatic carbocycles. The van der Waals surface area contributed by atoms with Crippen LogP contribution in [0.15, 0.2) is 66.7 Å². The van der Waals surface area contributed by atoms with E-state index in [-0.39, 0.29) is 12.4 Å². The lowest BCUT2D eigenvalue weighted by Gasteiger charge is -2.36. The molecule has 1 saturated heterocycles. The first-order valence-electron chi connectivity index (χ1n) is 10.6. The molecule has 0 amide bonds. The molecule has 0 unspecified atom stereocenters. The molecule has 160 valence electrons. The largest absolute Gasteiger partial charge is 1.00 e. The van der Waals surface area contributed by atoms with Gasteiger partial charge < -0.3 is 26.8 Å². The van der Waals surface area contributed by atoms with E-state index in [1.54, 1.807) is 7.11 Å². The molecular weight excluding hydrogens is 396 g/mol. The fourth-order valence-electron chi connectivity index (χ4n) is 4.04. The van der Waals surface area contributed by atoms with Crippen molar-refractivity contribution in [1.29, 1.82) is 0 Å². The SMILES string of the molecule is COc1ccccc1N1CCN(CCCCOc2cccc3ccccc23)CC1.[Cl-]. The van der Waals surface area contributed by atoms with E-state index in [1.165, 1.54) is 22.9 Å². The number of hydrogen-bond acceptors (Lipinski definition) is 4. The van der Waals surface area contributed by atoms with Crippen LogP contribution in [0.1, 0.15) is 12.8 Å². The highest BCUT2D eigenvalue weighted by Crippen LogP contribution is 2.28. The van der Waals surface area contributed by atoms with Crippen LogP contribution in [-0.4, -0.2) is 51.3 Å². The highest BCUT2D eigenvalue weighted by molar-refractivity contribution is 5.88. The van der Waals surface area contributed by atoms with Crippen molar-refractivity contribution in [1.82, 2.24) is 4.90 Å². The van der Waals surface area contributed by atoms with E-state index in [9.17, 15) is 0 Å². The molecular formula is C25H30ClN2O2-. The number of fused-ring (bicyclic) bond motifs is 1. The van der Waals surface area contributed by atoms with Gasteiger partial charge in [0.2, 0.25) is 0 Å². The summed E-state index contributed by atoms with van der Waals surface area (Å²) in [6.45, 7) is 6.21. The number of para-hydroxylation sites is 2. The minimum Gasteiger partial charge on any atom is -1.00 e. The van der Waals surface area contributed by atoms with Crippen molar-refractivity contribution in [2.24, 2.45) is 0 Å². The Balaban J connectivity index is 0.00000256. The maximum absolute atomic E-state index is 6.07. The van der Waals surface area contributed by atoms with E-state index in [1.807, 2.05) is 12.1 Å². The molecule has 0 radical (unpaired) electrons. The Morgan fingerprint density at radius 2 is 1.47 bits per heavy atom. The minimum absolute atomic E-state index is 0. The van der Waals surface area contributed by atoms with Crippen molar-refractivity contribution in [2.45, 2.75) is 12.8 Å². The summed E-state index contributed by atoms with van der Waals surface area (Å²) < 4.78 is 11.6. The van der Waals surface area contributed by atoms with Crippen LogP contribution in [0, 0.1) is 0 Å². The second-order valence-electron chi connectivity index (χ2n) is 7.53. The Bertz CT molecular complexity index is 920. The topological polar surface area (TPSA) is 24.9 Å². The average Bonchev–Trinajstić information content (AvgIpc) is 2.79. The number of ether oxygens (including phenoxy) is 2. The van der Waals surface area contributed by atoms with E-state index in [4.69, 9.17) is 9.47 Å². The Kier molecular flexibility index (Phi) is 8.23. The smallest absolute Gasteiger partial charge is 0.142 e. The van der Waals surface area contributed by atoms with Crippen molar-refractivity contribution in [2.75, 3.05) is 51.3 Å². The lowest BCUT2D eigenvalue weighted by atomic mass is 10.1. The van der Waals surface area contributed by atoms with Crippen LogP contribution in [0.5, 0.6) is 11.5 Å². The van der Waals surface area contributed by atoms with Crippen LogP contribution in [0.2, 0.25) is 0 Å². The maximum atomic E-state index is 6.07. The monoisotopic (exact) mass is 425 g/mol. The molecule has 0 spiro atoms. The molecule has 30 heavy (non-hydrogen) atoms. The summed E-state index contributed by atoms with van der Waals surface area (Å²) in [4.78, 5) is 4.99. The third-order valence-electron chi connectivity index (χ3n) is 5.67. The number of unbranched alkanes of at least 4 members (excludes halogenated alkanes) is 1. The molecule has 1 aliphatic rings. The number of hydrogen-bond donors (Lipinski definition) is 0. The molecule has 4 nitrogen and oxygen atoms in total. The van der Waals surface area contributed by atoms with Gasteiger partial charge in [-0.15, -0.1) is 0 Å². The minimum atomic E-state index is 0. The van der Waals surface area contributed by atoms with E-state index in [0.717, 1.165) is 57.3 Å². The van der Waals surface area contributed by atoms with E-state index >= 15 is 0 Å². The number of methoxy groups -OCH3 is 1. The van der Waals surface area contributed by atoms with Crippen LogP contribution in [0.4, 0.5) is 5.69 Å². The molecule has 1 aliphatic heterocycles. The molecule has 0 atom stereocenters. The Morgan fingerprint density at radius 3 is 2.30 bits per heavy atom. The quantitative estimate of drug-likeness (QED) is 0.514. The maximum Gasteiger partial charge on any atom is 0.142 e. The van der Waals surface area contributed by atoms with Crippen LogP contribution in [0.25, 0.3) is 10.8 Å². The van der Waals surface area contributed by atoms with E-state index in [2.05, 4.69) is 64.4 Å². The van der Waals surface area contributed by atoms with Gasteiger partial charge in [-0.25, -0.2) is 0 Å². The average molecular weight is 426 g/mol. The fraction of sp³-hybridized carbons (Fsp3) is 0.360. The van der Waals surface area contributed by atoms with Gasteiger partial charge in [0.05, 0.1) is 19.4 Å². The predicted molar refractivity (Wildman–Crippen MR) is 120 cm³/mol. The third-order valence-corrected chi connectivity index (χ3v) is 5.67. The van der Waals surface area contributed by atoms with Crippen LogP contribution >= 0.6 is 0 Å². The zero-order valence-electron chi connectivity index (χ0n) is 17.6. The van der Waals surface area contributed by atoms with Gasteiger partial charge in [-0.2, -0.15) is 0 Å². The lowest BCUT2D eigenvalue weighted by Crippen LogP contribution is -3.00. The second-order valence-corrected chi connectivity index (χ2v) is 7.53. The lowest BCUT2D eigenvalue weighted by molar-refractivity contribution is -0.00000648. The van der Waals surface area contributed by atoms with Crippen molar-refractivity contribution in [3.8, 4) is 11.5 Å². The molecule has 5 heteroatoms. The number of anilines is 1. The van der Waals surface area contributed by atoms with Gasteiger partial charge in [0.15, 0.2) is 0 Å². The molecule has 0 saturated carbocycles. The van der Waals surface area contributed by atoms with Gasteiger partial charge >= 0.3 is 0 Å². The summed E-state index contributed by atoms with van der Waals surface area (Å²) in [5, 5.41) is 2.43. The van der Waals surface area contributed by atoms with E-state index in [0.29, 0.717) is 0 Å². The number of nitrogens with zero attached hydrogens (tertiary/aromatic N) is 2. The highest BCUT2D eigenvalue weighted by Gasteiger charge is 2.19. The van der Waals surface area contributed by atoms with Gasteiger partial charge in [0.1, 0.15) is 11.5 Å². The Morgan fingerprint density at radius 1 is 0.767 bits per heavy atom. The molecule has 1 fully saturated rings. The van der Waals surface area contributed by atoms with Gasteiger partial charge in [0, 0.05) is 31.6 Å². The van der Waals surface area contributed by atoms with Crippen LogP contribution in [-0.2, 0) is 0 Å². The first-order valence-corrected chi connectivity index (χ1v) is 10.6. The first kappa shape index (κ1) is 22.3. The molecule has 1 heterocycles. The van der Waals surface area contributed by atoms with E-state index < -0.39 is 0 Å². The molecule has 0 aromatic heterocycles. The van der Waals surface area contributed by atoms with Gasteiger partial charge in [-0.3, -0.25) is 4.90 Å². The Labute approximate surface area is 185 Å². The highest BCUT2D eigenvalue weighted by atomic mass is 35.5. The fourth-order valence-corrected chi connectivity index (χ4v) is 4.04. The summed E-state index contributed by atoms with van der Waals surface area (Å²) in [6.07, 6.45) is 2.25. The van der Waals surface area contributed by atoms with Gasteiger partial charge in [0.25, 0.3) is 0 Å². The molecule has 4 rings (SSSR count). The van der Waals surface area contributed by atoms with Gasteiger partial charge in [-0.1, -0.05) is 48.5 Å². The summed E-state index contributed by atoms with van der Waals surface area (Å²) in [7, 11) is 1.75. The summed E-state index contributed by atoms with van der Waals surface area (Å²) >= 11 is 0. The number of benzene rings is 3. The zero-order valence-corrected chi connectivity index (χ0v) is 18.4. The zero-order chi connectivity index (χ0) is 19.9. The van der Waals surface area contributed by atoms with Crippen molar-refractivity contribution < 1.29 is 21.9 Å². The Hall–Kier alpha value is -2.43.